The van der Waals surface area contributed by atoms with E-state index >= 15 is 0 Å². The van der Waals surface area contributed by atoms with Crippen molar-refractivity contribution in [1.29, 1.82) is 0 Å². The number of benzene rings is 2. The van der Waals surface area contributed by atoms with Gasteiger partial charge in [-0.2, -0.15) is 0 Å². The third-order valence-electron chi connectivity index (χ3n) is 4.11. The third-order valence-corrected chi connectivity index (χ3v) is 4.11. The number of nitrogens with one attached hydrogen (secondary N) is 1. The van der Waals surface area contributed by atoms with E-state index in [0.29, 0.717) is 6.54 Å². The van der Waals surface area contributed by atoms with Crippen LogP contribution in [0.3, 0.4) is 0 Å². The number of ether oxygens (including phenoxy) is 3. The third kappa shape index (κ3) is 5.95. The Kier molecular flexibility index (Phi) is 7.79. The van der Waals surface area contributed by atoms with E-state index in [1.54, 1.807) is 7.11 Å². The molecule has 1 N–H and O–H groups in total. The molecular formula is C22H31NO3. The summed E-state index contributed by atoms with van der Waals surface area (Å²) in [6.07, 6.45) is 1.30. The van der Waals surface area contributed by atoms with Crippen LogP contribution in [0.1, 0.15) is 45.2 Å². The summed E-state index contributed by atoms with van der Waals surface area (Å²) in [7, 11) is 1.68. The second kappa shape index (κ2) is 10.1. The van der Waals surface area contributed by atoms with E-state index in [1.165, 1.54) is 5.56 Å². The van der Waals surface area contributed by atoms with Crippen LogP contribution in [0.4, 0.5) is 0 Å². The first-order chi connectivity index (χ1) is 12.5. The minimum absolute atomic E-state index is 0.151. The summed E-state index contributed by atoms with van der Waals surface area (Å²) in [5.74, 6) is 2.51. The number of para-hydroxylation sites is 1. The lowest BCUT2D eigenvalue weighted by atomic mass is 10.1. The maximum atomic E-state index is 6.09. The highest BCUT2D eigenvalue weighted by Crippen LogP contribution is 2.32. The molecule has 0 aliphatic heterocycles. The van der Waals surface area contributed by atoms with Crippen LogP contribution < -0.4 is 19.5 Å². The van der Waals surface area contributed by atoms with Gasteiger partial charge in [-0.3, -0.25) is 0 Å². The van der Waals surface area contributed by atoms with Gasteiger partial charge in [0, 0.05) is 18.7 Å². The molecule has 0 amide bonds. The lowest BCUT2D eigenvalue weighted by molar-refractivity contribution is 0.205. The van der Waals surface area contributed by atoms with Gasteiger partial charge >= 0.3 is 0 Å². The Hall–Kier alpha value is -2.20. The van der Waals surface area contributed by atoms with Crippen LogP contribution in [-0.2, 0) is 13.1 Å². The van der Waals surface area contributed by atoms with E-state index < -0.39 is 0 Å². The van der Waals surface area contributed by atoms with Gasteiger partial charge in [-0.25, -0.2) is 0 Å². The minimum Gasteiger partial charge on any atom is -0.493 e. The molecule has 142 valence electrons. The molecule has 1 atom stereocenters. The lowest BCUT2D eigenvalue weighted by Gasteiger charge is -2.19. The summed E-state index contributed by atoms with van der Waals surface area (Å²) in [5, 5.41) is 3.48. The van der Waals surface area contributed by atoms with Crippen molar-refractivity contribution in [2.45, 2.75) is 59.4 Å². The summed E-state index contributed by atoms with van der Waals surface area (Å²) < 4.78 is 17.2. The highest BCUT2D eigenvalue weighted by Gasteiger charge is 2.13. The molecule has 2 aromatic carbocycles. The van der Waals surface area contributed by atoms with Crippen molar-refractivity contribution in [1.82, 2.24) is 5.32 Å². The summed E-state index contributed by atoms with van der Waals surface area (Å²) in [6.45, 7) is 9.75. The average Bonchev–Trinajstić information content (AvgIpc) is 2.63. The van der Waals surface area contributed by atoms with Gasteiger partial charge < -0.3 is 19.5 Å². The Morgan fingerprint density at radius 2 is 1.65 bits per heavy atom. The van der Waals surface area contributed by atoms with E-state index in [9.17, 15) is 0 Å². The van der Waals surface area contributed by atoms with Crippen molar-refractivity contribution >= 4 is 0 Å². The zero-order valence-electron chi connectivity index (χ0n) is 16.5. The van der Waals surface area contributed by atoms with Crippen molar-refractivity contribution in [2.75, 3.05) is 7.11 Å². The van der Waals surface area contributed by atoms with Crippen molar-refractivity contribution in [2.24, 2.45) is 0 Å². The molecule has 0 spiro atoms. The Morgan fingerprint density at radius 3 is 2.27 bits per heavy atom. The van der Waals surface area contributed by atoms with Crippen LogP contribution in [0.15, 0.2) is 42.5 Å². The van der Waals surface area contributed by atoms with E-state index in [0.717, 1.165) is 35.8 Å². The standard InChI is InChI=1S/C22H31NO3/c1-6-17(4)26-22-19(8-7-9-21(22)24-5)15-23-14-18-10-12-20(13-11-18)25-16(2)3/h7-13,16-17,23H,6,14-15H2,1-5H3. The van der Waals surface area contributed by atoms with Crippen LogP contribution in [0.5, 0.6) is 17.2 Å². The average molecular weight is 357 g/mol. The van der Waals surface area contributed by atoms with Gasteiger partial charge in [-0.1, -0.05) is 31.2 Å². The lowest BCUT2D eigenvalue weighted by Crippen LogP contribution is -2.16. The second-order valence-electron chi connectivity index (χ2n) is 6.70. The molecule has 0 saturated carbocycles. The molecule has 0 aromatic heterocycles. The van der Waals surface area contributed by atoms with Crippen molar-refractivity contribution in [3.63, 3.8) is 0 Å². The van der Waals surface area contributed by atoms with Crippen LogP contribution in [0.2, 0.25) is 0 Å². The maximum absolute atomic E-state index is 6.09. The van der Waals surface area contributed by atoms with Crippen molar-refractivity contribution < 1.29 is 14.2 Å². The normalized spacial score (nSPS) is 12.1. The molecule has 0 bridgehead atoms. The molecule has 0 aliphatic rings. The summed E-state index contributed by atoms with van der Waals surface area (Å²) >= 11 is 0. The van der Waals surface area contributed by atoms with Gasteiger partial charge in [0.15, 0.2) is 11.5 Å². The quantitative estimate of drug-likeness (QED) is 0.653. The highest BCUT2D eigenvalue weighted by molar-refractivity contribution is 5.46. The predicted molar refractivity (Wildman–Crippen MR) is 106 cm³/mol. The summed E-state index contributed by atoms with van der Waals surface area (Å²) in [5.41, 5.74) is 2.32. The van der Waals surface area contributed by atoms with Gasteiger partial charge in [0.05, 0.1) is 19.3 Å². The molecule has 26 heavy (non-hydrogen) atoms. The minimum atomic E-state index is 0.151. The first kappa shape index (κ1) is 20.1. The molecule has 2 rings (SSSR count). The van der Waals surface area contributed by atoms with Crippen molar-refractivity contribution in [3.05, 3.63) is 53.6 Å². The molecule has 2 aromatic rings. The summed E-state index contributed by atoms with van der Waals surface area (Å²) in [6, 6.07) is 14.2. The summed E-state index contributed by atoms with van der Waals surface area (Å²) in [4.78, 5) is 0. The van der Waals surface area contributed by atoms with Crippen molar-refractivity contribution in [3.8, 4) is 17.2 Å². The fourth-order valence-corrected chi connectivity index (χ4v) is 2.58. The number of methoxy groups -OCH3 is 1. The molecule has 0 saturated heterocycles. The highest BCUT2D eigenvalue weighted by atomic mass is 16.5. The largest absolute Gasteiger partial charge is 0.493 e. The topological polar surface area (TPSA) is 39.7 Å². The van der Waals surface area contributed by atoms with E-state index in [2.05, 4.69) is 37.4 Å². The van der Waals surface area contributed by atoms with E-state index in [1.807, 2.05) is 38.1 Å². The Labute approximate surface area is 157 Å². The van der Waals surface area contributed by atoms with Gasteiger partial charge in [0.25, 0.3) is 0 Å². The Balaban J connectivity index is 1.98. The van der Waals surface area contributed by atoms with E-state index in [-0.39, 0.29) is 12.2 Å². The van der Waals surface area contributed by atoms with Gasteiger partial charge in [0.2, 0.25) is 0 Å². The van der Waals surface area contributed by atoms with Crippen LogP contribution in [-0.4, -0.2) is 19.3 Å². The molecular weight excluding hydrogens is 326 g/mol. The second-order valence-corrected chi connectivity index (χ2v) is 6.70. The van der Waals surface area contributed by atoms with E-state index in [4.69, 9.17) is 14.2 Å². The first-order valence-corrected chi connectivity index (χ1v) is 9.32. The zero-order valence-corrected chi connectivity index (χ0v) is 16.5. The zero-order chi connectivity index (χ0) is 18.9. The molecule has 0 fully saturated rings. The molecule has 4 nitrogen and oxygen atoms in total. The number of hydrogen-bond acceptors (Lipinski definition) is 4. The van der Waals surface area contributed by atoms with Crippen LogP contribution >= 0.6 is 0 Å². The molecule has 4 heteroatoms. The van der Waals surface area contributed by atoms with Crippen LogP contribution in [0, 0.1) is 0 Å². The smallest absolute Gasteiger partial charge is 0.166 e. The maximum Gasteiger partial charge on any atom is 0.166 e. The fourth-order valence-electron chi connectivity index (χ4n) is 2.58. The molecule has 0 aliphatic carbocycles. The van der Waals surface area contributed by atoms with Crippen LogP contribution in [0.25, 0.3) is 0 Å². The Bertz CT molecular complexity index is 668. The number of hydrogen-bond donors (Lipinski definition) is 1. The molecule has 0 radical (unpaired) electrons. The monoisotopic (exact) mass is 357 g/mol. The Morgan fingerprint density at radius 1 is 0.923 bits per heavy atom. The number of rotatable bonds is 10. The first-order valence-electron chi connectivity index (χ1n) is 9.32. The fraction of sp³-hybridized carbons (Fsp3) is 0.455. The van der Waals surface area contributed by atoms with Gasteiger partial charge in [0.1, 0.15) is 5.75 Å². The SMILES string of the molecule is CCC(C)Oc1c(CNCc2ccc(OC(C)C)cc2)cccc1OC. The molecule has 1 unspecified atom stereocenters. The predicted octanol–water partition coefficient (Wildman–Crippen LogP) is 4.95. The van der Waals surface area contributed by atoms with Gasteiger partial charge in [-0.15, -0.1) is 0 Å². The molecule has 0 heterocycles. The van der Waals surface area contributed by atoms with Gasteiger partial charge in [-0.05, 0) is 51.0 Å².